The monoisotopic (exact) mass is 299 g/mol. The maximum atomic E-state index is 13.1. The fourth-order valence-electron chi connectivity index (χ4n) is 1.67. The summed E-state index contributed by atoms with van der Waals surface area (Å²) in [5, 5.41) is 0.737. The van der Waals surface area contributed by atoms with Crippen LogP contribution in [0.25, 0.3) is 0 Å². The Labute approximate surface area is 120 Å². The molecule has 0 saturated carbocycles. The van der Waals surface area contributed by atoms with Crippen molar-refractivity contribution in [1.29, 1.82) is 0 Å². The molecule has 2 rings (SSSR count). The molecule has 20 heavy (non-hydrogen) atoms. The number of benzene rings is 1. The minimum absolute atomic E-state index is 0.441. The molecule has 0 atom stereocenters. The zero-order chi connectivity index (χ0) is 14.5. The lowest BCUT2D eigenvalue weighted by atomic mass is 10.2. The number of hydrogen-bond donors (Lipinski definition) is 0. The van der Waals surface area contributed by atoms with Crippen LogP contribution < -0.4 is 4.90 Å². The van der Waals surface area contributed by atoms with Crippen molar-refractivity contribution in [2.24, 2.45) is 0 Å². The van der Waals surface area contributed by atoms with Gasteiger partial charge < -0.3 is 9.64 Å². The number of rotatable bonds is 6. The molecule has 0 radical (unpaired) electrons. The molecule has 0 aliphatic rings. The third-order valence-corrected chi connectivity index (χ3v) is 3.59. The number of methoxy groups -OCH3 is 1. The van der Waals surface area contributed by atoms with E-state index >= 15 is 0 Å². The summed E-state index contributed by atoms with van der Waals surface area (Å²) in [6.45, 7) is 1.01. The molecule has 1 aromatic heterocycles. The van der Waals surface area contributed by atoms with Crippen LogP contribution >= 0.6 is 11.5 Å². The van der Waals surface area contributed by atoms with Gasteiger partial charge in [-0.3, -0.25) is 0 Å². The van der Waals surface area contributed by atoms with Gasteiger partial charge in [-0.25, -0.2) is 13.8 Å². The Kier molecular flexibility index (Phi) is 4.97. The number of nitrogens with zero attached hydrogens (tertiary/aromatic N) is 3. The van der Waals surface area contributed by atoms with Crippen LogP contribution in [0.4, 0.5) is 13.9 Å². The van der Waals surface area contributed by atoms with E-state index in [1.54, 1.807) is 13.2 Å². The highest BCUT2D eigenvalue weighted by Crippen LogP contribution is 2.19. The summed E-state index contributed by atoms with van der Waals surface area (Å²) in [6, 6.07) is 3.88. The van der Waals surface area contributed by atoms with Crippen LogP contribution in [0.2, 0.25) is 0 Å². The Bertz CT molecular complexity index is 576. The fraction of sp³-hybridized carbons (Fsp3) is 0.385. The van der Waals surface area contributed by atoms with E-state index in [0.717, 1.165) is 17.0 Å². The van der Waals surface area contributed by atoms with Crippen molar-refractivity contribution in [3.05, 3.63) is 41.2 Å². The average Bonchev–Trinajstić information content (AvgIpc) is 2.89. The molecule has 0 amide bonds. The van der Waals surface area contributed by atoms with Gasteiger partial charge in [0, 0.05) is 38.7 Å². The van der Waals surface area contributed by atoms with E-state index in [-0.39, 0.29) is 0 Å². The van der Waals surface area contributed by atoms with Crippen molar-refractivity contribution in [3.8, 4) is 0 Å². The van der Waals surface area contributed by atoms with Gasteiger partial charge in [-0.2, -0.15) is 4.37 Å². The van der Waals surface area contributed by atoms with Gasteiger partial charge in [-0.05, 0) is 17.7 Å². The predicted octanol–water partition coefficient (Wildman–Crippen LogP) is 2.64. The minimum atomic E-state index is -0.839. The first-order chi connectivity index (χ1) is 9.60. The first-order valence-corrected chi connectivity index (χ1v) is 6.84. The first-order valence-electron chi connectivity index (χ1n) is 6.06. The minimum Gasteiger partial charge on any atom is -0.384 e. The number of ether oxygens (including phenoxy) is 1. The van der Waals surface area contributed by atoms with Crippen LogP contribution in [0.5, 0.6) is 0 Å². The molecular weight excluding hydrogens is 284 g/mol. The van der Waals surface area contributed by atoms with Gasteiger partial charge in [0.2, 0.25) is 5.13 Å². The highest BCUT2D eigenvalue weighted by molar-refractivity contribution is 7.09. The molecule has 2 aromatic rings. The molecule has 0 N–H and O–H groups in total. The molecule has 108 valence electrons. The Morgan fingerprint density at radius 1 is 1.30 bits per heavy atom. The fourth-order valence-corrected chi connectivity index (χ4v) is 2.34. The van der Waals surface area contributed by atoms with Crippen molar-refractivity contribution in [3.63, 3.8) is 0 Å². The van der Waals surface area contributed by atoms with Crippen molar-refractivity contribution in [2.75, 3.05) is 25.7 Å². The lowest BCUT2D eigenvalue weighted by Gasteiger charge is -2.15. The summed E-state index contributed by atoms with van der Waals surface area (Å²) < 4.78 is 35.2. The van der Waals surface area contributed by atoms with E-state index in [9.17, 15) is 8.78 Å². The van der Waals surface area contributed by atoms with E-state index in [1.165, 1.54) is 17.6 Å². The third kappa shape index (κ3) is 3.71. The van der Waals surface area contributed by atoms with E-state index in [1.807, 2.05) is 11.9 Å². The summed E-state index contributed by atoms with van der Waals surface area (Å²) in [5.74, 6) is -0.952. The zero-order valence-corrected chi connectivity index (χ0v) is 12.1. The molecule has 1 heterocycles. The molecule has 0 unspecified atom stereocenters. The van der Waals surface area contributed by atoms with Gasteiger partial charge in [0.25, 0.3) is 0 Å². The summed E-state index contributed by atoms with van der Waals surface area (Å²) >= 11 is 1.28. The summed E-state index contributed by atoms with van der Waals surface area (Å²) in [5.41, 5.74) is 0.681. The first kappa shape index (κ1) is 14.8. The van der Waals surface area contributed by atoms with E-state index in [0.29, 0.717) is 25.1 Å². The Morgan fingerprint density at radius 3 is 2.80 bits per heavy atom. The predicted molar refractivity (Wildman–Crippen MR) is 74.0 cm³/mol. The topological polar surface area (TPSA) is 38.2 Å². The van der Waals surface area contributed by atoms with Crippen LogP contribution in [0, 0.1) is 11.6 Å². The van der Waals surface area contributed by atoms with Gasteiger partial charge in [-0.15, -0.1) is 0 Å². The maximum Gasteiger partial charge on any atom is 0.205 e. The molecule has 0 spiro atoms. The number of anilines is 1. The maximum absolute atomic E-state index is 13.1. The molecule has 0 saturated heterocycles. The third-order valence-electron chi connectivity index (χ3n) is 2.72. The van der Waals surface area contributed by atoms with Gasteiger partial charge in [-0.1, -0.05) is 6.07 Å². The van der Waals surface area contributed by atoms with Gasteiger partial charge >= 0.3 is 0 Å². The Hall–Kier alpha value is -1.60. The molecular formula is C13H15F2N3OS. The molecule has 4 nitrogen and oxygen atoms in total. The number of hydrogen-bond acceptors (Lipinski definition) is 5. The Balaban J connectivity index is 2.01. The van der Waals surface area contributed by atoms with Crippen LogP contribution in [-0.2, 0) is 17.7 Å². The SMILES string of the molecule is COCCc1nsc(N(C)Cc2ccc(F)c(F)c2)n1. The van der Waals surface area contributed by atoms with Crippen LogP contribution in [0.1, 0.15) is 11.4 Å². The molecule has 0 aliphatic carbocycles. The van der Waals surface area contributed by atoms with Crippen molar-refractivity contribution >= 4 is 16.7 Å². The lowest BCUT2D eigenvalue weighted by Crippen LogP contribution is -2.16. The quantitative estimate of drug-likeness (QED) is 0.822. The zero-order valence-electron chi connectivity index (χ0n) is 11.3. The lowest BCUT2D eigenvalue weighted by molar-refractivity contribution is 0.201. The summed E-state index contributed by atoms with van der Waals surface area (Å²) in [4.78, 5) is 6.22. The van der Waals surface area contributed by atoms with Crippen LogP contribution in [0.15, 0.2) is 18.2 Å². The van der Waals surface area contributed by atoms with E-state index in [4.69, 9.17) is 4.74 Å². The van der Waals surface area contributed by atoms with Gasteiger partial charge in [0.15, 0.2) is 11.6 Å². The highest BCUT2D eigenvalue weighted by atomic mass is 32.1. The number of halogens is 2. The second-order valence-corrected chi connectivity index (χ2v) is 5.07. The largest absolute Gasteiger partial charge is 0.384 e. The Morgan fingerprint density at radius 2 is 2.10 bits per heavy atom. The van der Waals surface area contributed by atoms with Crippen molar-refractivity contribution < 1.29 is 13.5 Å². The standard InChI is InChI=1S/C13H15F2N3OS/c1-18(8-9-3-4-10(14)11(15)7-9)13-16-12(17-20-13)5-6-19-2/h3-4,7H,5-6,8H2,1-2H3. The number of aromatic nitrogens is 2. The van der Waals surface area contributed by atoms with E-state index < -0.39 is 11.6 Å². The molecule has 1 aromatic carbocycles. The van der Waals surface area contributed by atoms with Gasteiger partial charge in [0.1, 0.15) is 5.82 Å². The highest BCUT2D eigenvalue weighted by Gasteiger charge is 2.10. The van der Waals surface area contributed by atoms with Gasteiger partial charge in [0.05, 0.1) is 6.61 Å². The average molecular weight is 299 g/mol. The second kappa shape index (κ2) is 6.71. The summed E-state index contributed by atoms with van der Waals surface area (Å²) in [6.07, 6.45) is 0.659. The summed E-state index contributed by atoms with van der Waals surface area (Å²) in [7, 11) is 3.46. The normalized spacial score (nSPS) is 10.8. The molecule has 0 fully saturated rings. The van der Waals surface area contributed by atoms with Crippen molar-refractivity contribution in [2.45, 2.75) is 13.0 Å². The second-order valence-electron chi connectivity index (χ2n) is 4.34. The molecule has 0 bridgehead atoms. The van der Waals surface area contributed by atoms with E-state index in [2.05, 4.69) is 9.36 Å². The van der Waals surface area contributed by atoms with Crippen molar-refractivity contribution in [1.82, 2.24) is 9.36 Å². The smallest absolute Gasteiger partial charge is 0.205 e. The van der Waals surface area contributed by atoms with Crippen LogP contribution in [-0.4, -0.2) is 30.1 Å². The van der Waals surface area contributed by atoms with Crippen LogP contribution in [0.3, 0.4) is 0 Å². The molecule has 7 heteroatoms. The molecule has 0 aliphatic heterocycles.